The average Bonchev–Trinajstić information content (AvgIpc) is 3.73. The molecule has 0 saturated carbocycles. The molecule has 2 fully saturated rings. The molecule has 20 nitrogen and oxygen atoms in total. The third-order valence-electron chi connectivity index (χ3n) is 10.2. The van der Waals surface area contributed by atoms with Gasteiger partial charge in [0.15, 0.2) is 11.8 Å². The van der Waals surface area contributed by atoms with Crippen LogP contribution in [0.3, 0.4) is 0 Å². The number of β-amino-alcohol motifs (C(OH)–C–C–N with tert-alkyl or cyclic N) is 1. The summed E-state index contributed by atoms with van der Waals surface area (Å²) in [6.07, 6.45) is -5.31. The molecular formula is C40H49ClN8O12. The van der Waals surface area contributed by atoms with E-state index in [1.807, 2.05) is 0 Å². The predicted octanol–water partition coefficient (Wildman–Crippen LogP) is -2.94. The molecule has 0 aliphatic carbocycles. The summed E-state index contributed by atoms with van der Waals surface area (Å²) in [6.45, 7) is -1.78. The van der Waals surface area contributed by atoms with Crippen LogP contribution in [0.15, 0.2) is 60.8 Å². The number of carbonyl (C=O) groups excluding carboxylic acids is 7. The van der Waals surface area contributed by atoms with Gasteiger partial charge in [-0.15, -0.1) is 0 Å². The maximum absolute atomic E-state index is 13.5. The van der Waals surface area contributed by atoms with Crippen molar-refractivity contribution in [3.63, 3.8) is 0 Å². The monoisotopic (exact) mass is 868 g/mol. The summed E-state index contributed by atoms with van der Waals surface area (Å²) in [5.74, 6) is -6.44. The maximum atomic E-state index is 13.5. The zero-order valence-electron chi connectivity index (χ0n) is 33.0. The van der Waals surface area contributed by atoms with Crippen molar-refractivity contribution in [1.82, 2.24) is 41.8 Å². The van der Waals surface area contributed by atoms with Crippen LogP contribution < -0.4 is 31.9 Å². The Labute approximate surface area is 354 Å². The highest BCUT2D eigenvalue weighted by Gasteiger charge is 2.49. The summed E-state index contributed by atoms with van der Waals surface area (Å²) < 4.78 is 0. The zero-order chi connectivity index (χ0) is 44.4. The summed E-state index contributed by atoms with van der Waals surface area (Å²) in [4.78, 5) is 96.1. The molecule has 0 unspecified atom stereocenters. The number of carbonyl (C=O) groups is 7. The molecule has 0 bridgehead atoms. The average molecular weight is 869 g/mol. The smallest absolute Gasteiger partial charge is 0.251 e. The number of aliphatic hydroxyl groups is 5. The van der Waals surface area contributed by atoms with Crippen molar-refractivity contribution in [2.75, 3.05) is 26.7 Å². The highest BCUT2D eigenvalue weighted by Crippen LogP contribution is 2.25. The number of hydrogen-bond acceptors (Lipinski definition) is 12. The Kier molecular flexibility index (Phi) is 15.6. The van der Waals surface area contributed by atoms with Crippen molar-refractivity contribution in [2.45, 2.75) is 80.4 Å². The number of nitrogens with zero attached hydrogens (tertiary/aromatic N) is 1. The second-order valence-electron chi connectivity index (χ2n) is 15.0. The van der Waals surface area contributed by atoms with Crippen molar-refractivity contribution in [2.24, 2.45) is 0 Å². The number of rotatable bonds is 7. The summed E-state index contributed by atoms with van der Waals surface area (Å²) in [5, 5.41) is 70.6. The first-order valence-electron chi connectivity index (χ1n) is 19.3. The van der Waals surface area contributed by atoms with Crippen molar-refractivity contribution >= 4 is 69.9 Å². The Hall–Kier alpha value is -5.90. The van der Waals surface area contributed by atoms with E-state index in [0.29, 0.717) is 21.5 Å². The number of aromatic amines is 1. The minimum absolute atomic E-state index is 0.0809. The van der Waals surface area contributed by atoms with Gasteiger partial charge in [-0.2, -0.15) is 0 Å². The van der Waals surface area contributed by atoms with E-state index in [0.717, 1.165) is 10.5 Å². The second-order valence-corrected chi connectivity index (χ2v) is 15.5. The van der Waals surface area contributed by atoms with Crippen molar-refractivity contribution < 1.29 is 59.1 Å². The van der Waals surface area contributed by atoms with Gasteiger partial charge in [-0.25, -0.2) is 0 Å². The van der Waals surface area contributed by atoms with Gasteiger partial charge in [0.1, 0.15) is 12.1 Å². The van der Waals surface area contributed by atoms with Gasteiger partial charge in [-0.05, 0) is 29.7 Å². The third-order valence-corrected chi connectivity index (χ3v) is 10.5. The van der Waals surface area contributed by atoms with Gasteiger partial charge in [-0.1, -0.05) is 60.2 Å². The number of likely N-dealkylation sites (N-methyl/N-ethyl adjacent to an activating group) is 1. The van der Waals surface area contributed by atoms with Crippen LogP contribution in [0.2, 0.25) is 5.02 Å². The van der Waals surface area contributed by atoms with Gasteiger partial charge < -0.3 is 67.3 Å². The summed E-state index contributed by atoms with van der Waals surface area (Å²) in [7, 11) is 1.22. The Morgan fingerprint density at radius 1 is 0.885 bits per heavy atom. The number of fused-ring (bicyclic) bond motifs is 2. The number of nitrogens with one attached hydrogen (secondary N) is 7. The van der Waals surface area contributed by atoms with E-state index in [1.165, 1.54) is 13.1 Å². The van der Waals surface area contributed by atoms with Crippen LogP contribution in [0.5, 0.6) is 0 Å². The third kappa shape index (κ3) is 12.6. The number of amides is 7. The highest BCUT2D eigenvalue weighted by atomic mass is 35.5. The summed E-state index contributed by atoms with van der Waals surface area (Å²) in [5.41, 5.74) is -0.437. The number of hydrogen-bond donors (Lipinski definition) is 12. The quantitative estimate of drug-likeness (QED) is 0.114. The lowest BCUT2D eigenvalue weighted by Crippen LogP contribution is -2.63. The van der Waals surface area contributed by atoms with E-state index >= 15 is 0 Å². The van der Waals surface area contributed by atoms with Crippen molar-refractivity contribution in [3.8, 4) is 0 Å². The lowest BCUT2D eigenvalue weighted by atomic mass is 9.95. The SMILES string of the molecule is CN1CC(=O)N[C@H](Cc2c[nH]c3cc(Cl)ccc23)C(=O)NCC(=O)NC[C@@H](O)CC(=O)N[C@H]([C@H](O)[C@@H](O)C/C=C/c2ccccc2)[C@@H](O)C(=O)N[C@@H]2CC(=O)N[C@@]2(O)CC1=O. The molecule has 2 aliphatic heterocycles. The molecule has 2 aliphatic rings. The minimum atomic E-state index is -2.45. The van der Waals surface area contributed by atoms with E-state index in [9.17, 15) is 59.1 Å². The van der Waals surface area contributed by atoms with Crippen LogP contribution in [0.25, 0.3) is 17.0 Å². The Balaban J connectivity index is 1.37. The number of H-pyrrole nitrogens is 1. The largest absolute Gasteiger partial charge is 0.391 e. The van der Waals surface area contributed by atoms with E-state index in [2.05, 4.69) is 36.9 Å². The molecule has 3 aromatic rings. The fourth-order valence-electron chi connectivity index (χ4n) is 6.91. The molecular weight excluding hydrogens is 820 g/mol. The summed E-state index contributed by atoms with van der Waals surface area (Å²) >= 11 is 6.11. The second kappa shape index (κ2) is 20.6. The van der Waals surface area contributed by atoms with Gasteiger partial charge >= 0.3 is 0 Å². The Morgan fingerprint density at radius 3 is 2.36 bits per heavy atom. The first-order chi connectivity index (χ1) is 28.9. The van der Waals surface area contributed by atoms with Crippen molar-refractivity contribution in [1.29, 1.82) is 0 Å². The molecule has 7 amide bonds. The number of aromatic nitrogens is 1. The van der Waals surface area contributed by atoms with Gasteiger partial charge in [0.05, 0.1) is 56.6 Å². The maximum Gasteiger partial charge on any atom is 0.251 e. The molecule has 61 heavy (non-hydrogen) atoms. The molecule has 2 aromatic carbocycles. The molecule has 12 N–H and O–H groups in total. The van der Waals surface area contributed by atoms with E-state index < -0.39 is 129 Å². The lowest BCUT2D eigenvalue weighted by molar-refractivity contribution is -0.145. The minimum Gasteiger partial charge on any atom is -0.391 e. The van der Waals surface area contributed by atoms with E-state index in [4.69, 9.17) is 11.6 Å². The number of aliphatic hydroxyl groups excluding tert-OH is 4. The topological polar surface area (TPSA) is 312 Å². The van der Waals surface area contributed by atoms with Crippen LogP contribution in [-0.2, 0) is 40.0 Å². The van der Waals surface area contributed by atoms with Crippen LogP contribution in [0, 0.1) is 0 Å². The van der Waals surface area contributed by atoms with Crippen molar-refractivity contribution in [3.05, 3.63) is 77.0 Å². The summed E-state index contributed by atoms with van der Waals surface area (Å²) in [6, 6.07) is 9.15. The van der Waals surface area contributed by atoms with E-state index in [1.54, 1.807) is 60.8 Å². The van der Waals surface area contributed by atoms with Gasteiger partial charge in [0, 0.05) is 42.1 Å². The first kappa shape index (κ1) is 46.2. The van der Waals surface area contributed by atoms with Gasteiger partial charge in [-0.3, -0.25) is 33.6 Å². The van der Waals surface area contributed by atoms with Gasteiger partial charge in [0.25, 0.3) is 5.91 Å². The molecule has 328 valence electrons. The normalized spacial score (nSPS) is 26.7. The lowest BCUT2D eigenvalue weighted by Gasteiger charge is -2.34. The molecule has 2 saturated heterocycles. The van der Waals surface area contributed by atoms with Crippen LogP contribution in [0.4, 0.5) is 0 Å². The highest BCUT2D eigenvalue weighted by molar-refractivity contribution is 6.31. The number of benzene rings is 2. The Morgan fingerprint density at radius 2 is 1.62 bits per heavy atom. The van der Waals surface area contributed by atoms with E-state index in [-0.39, 0.29) is 12.8 Å². The predicted molar refractivity (Wildman–Crippen MR) is 218 cm³/mol. The molecule has 0 spiro atoms. The Bertz CT molecular complexity index is 2140. The fraction of sp³-hybridized carbons (Fsp3) is 0.425. The molecule has 5 rings (SSSR count). The molecule has 1 aromatic heterocycles. The molecule has 3 heterocycles. The molecule has 21 heteroatoms. The zero-order valence-corrected chi connectivity index (χ0v) is 33.7. The van der Waals surface area contributed by atoms with Gasteiger partial charge in [0.2, 0.25) is 35.4 Å². The molecule has 8 atom stereocenters. The first-order valence-corrected chi connectivity index (χ1v) is 19.7. The van der Waals surface area contributed by atoms with Crippen LogP contribution >= 0.6 is 11.6 Å². The fourth-order valence-corrected chi connectivity index (χ4v) is 7.08. The molecule has 0 radical (unpaired) electrons. The number of halogens is 1. The van der Waals surface area contributed by atoms with Crippen LogP contribution in [0.1, 0.15) is 36.8 Å². The standard InChI is InChI=1S/C40H49ClN8O12/c1-49-20-33(55)45-27(12-22-17-42-26-13-23(41)10-11-25(22)26)38(59)44-19-32(54)43-18-24(50)14-30(52)47-35(36(57)28(51)9-5-8-21-6-3-2-4-7-21)37(58)39(60)46-29-15-31(53)48-40(29,61)16-34(49)56/h2-8,10-11,13,17,24,27-29,35-37,42,50-51,57-58,61H,9,12,14-16,18-20H2,1H3,(H,43,54)(H,44,59)(H,45,55)(H,46,60)(H,47,52)(H,48,53)/b8-5+/t24-,27+,28-,29+,35+,36+,37+,40+/m0/s1. The van der Waals surface area contributed by atoms with Crippen LogP contribution in [-0.4, -0.2) is 152 Å².